The molecular weight excluding hydrogens is 600 g/mol. The van der Waals surface area contributed by atoms with Crippen LogP contribution in [0.5, 0.6) is 0 Å². The molecule has 4 aromatic rings. The van der Waals surface area contributed by atoms with Gasteiger partial charge >= 0.3 is 11.7 Å². The van der Waals surface area contributed by atoms with Crippen molar-refractivity contribution in [2.75, 3.05) is 12.4 Å². The summed E-state index contributed by atoms with van der Waals surface area (Å²) in [7, 11) is 1.73. The summed E-state index contributed by atoms with van der Waals surface area (Å²) in [5.41, 5.74) is 2.23. The molecule has 220 valence electrons. The van der Waals surface area contributed by atoms with Crippen molar-refractivity contribution in [2.45, 2.75) is 58.8 Å². The summed E-state index contributed by atoms with van der Waals surface area (Å²) >= 11 is 3.52. The highest BCUT2D eigenvalue weighted by Gasteiger charge is 2.28. The maximum atomic E-state index is 13.7. The van der Waals surface area contributed by atoms with Crippen LogP contribution in [-0.2, 0) is 24.3 Å². The highest BCUT2D eigenvalue weighted by Crippen LogP contribution is 2.30. The van der Waals surface area contributed by atoms with Crippen molar-refractivity contribution in [3.05, 3.63) is 104 Å². The van der Waals surface area contributed by atoms with E-state index >= 15 is 0 Å². The number of anilines is 1. The van der Waals surface area contributed by atoms with Crippen LogP contribution in [0.3, 0.4) is 0 Å². The number of carbonyl (C=O) groups excluding carboxylic acids is 1. The second-order valence-corrected chi connectivity index (χ2v) is 12.1. The minimum Gasteiger partial charge on any atom is -0.465 e. The number of aryl methyl sites for hydroxylation is 1. The van der Waals surface area contributed by atoms with Crippen molar-refractivity contribution in [1.82, 2.24) is 14.8 Å². The molecule has 10 heteroatoms. The van der Waals surface area contributed by atoms with E-state index < -0.39 is 23.3 Å². The Morgan fingerprint density at radius 3 is 2.19 bits per heavy atom. The number of hydrogen-bond acceptors (Lipinski definition) is 6. The summed E-state index contributed by atoms with van der Waals surface area (Å²) in [5, 5.41) is 13.1. The van der Waals surface area contributed by atoms with Crippen LogP contribution in [0.4, 0.5) is 10.8 Å². The number of likely N-dealkylation sites (N-methyl/N-ethyl adjacent to an activating group) is 1. The van der Waals surface area contributed by atoms with Gasteiger partial charge in [0.15, 0.2) is 0 Å². The molecule has 0 saturated heterocycles. The van der Waals surface area contributed by atoms with Crippen molar-refractivity contribution < 1.29 is 19.1 Å². The lowest BCUT2D eigenvalue weighted by Crippen LogP contribution is -2.44. The molecule has 2 amide bonds. The van der Waals surface area contributed by atoms with E-state index in [-0.39, 0.29) is 23.9 Å². The van der Waals surface area contributed by atoms with E-state index in [9.17, 15) is 19.5 Å². The van der Waals surface area contributed by atoms with Crippen molar-refractivity contribution in [2.24, 2.45) is 0 Å². The summed E-state index contributed by atoms with van der Waals surface area (Å²) in [6, 6.07) is 20.2. The number of aromatic nitrogens is 1. The van der Waals surface area contributed by atoms with Crippen molar-refractivity contribution in [3.8, 4) is 0 Å². The fourth-order valence-electron chi connectivity index (χ4n) is 4.80. The Hall–Kier alpha value is -4.18. The molecule has 0 saturated carbocycles. The number of rotatable bonds is 9. The number of nitrogens with zero attached hydrogens (tertiary/aromatic N) is 3. The SMILES string of the molecule is Cc1c(CN(C(=O)O)C(C)(C)C)cc(Br)c2nc(NC(Cc3ccccc3)C(=O)N(C)Cc3ccccc3)oc(=O)c12. The molecule has 1 heterocycles. The van der Waals surface area contributed by atoms with Gasteiger partial charge in [0, 0.05) is 36.6 Å². The molecule has 0 aliphatic rings. The Morgan fingerprint density at radius 2 is 1.62 bits per heavy atom. The van der Waals surface area contributed by atoms with Crippen LogP contribution in [0.2, 0.25) is 0 Å². The van der Waals surface area contributed by atoms with E-state index in [4.69, 9.17) is 4.42 Å². The third kappa shape index (κ3) is 7.17. The monoisotopic (exact) mass is 634 g/mol. The van der Waals surface area contributed by atoms with E-state index in [1.54, 1.807) is 24.9 Å². The van der Waals surface area contributed by atoms with E-state index in [0.29, 0.717) is 34.1 Å². The molecule has 4 rings (SSSR count). The Balaban J connectivity index is 1.68. The summed E-state index contributed by atoms with van der Waals surface area (Å²) < 4.78 is 6.13. The first-order chi connectivity index (χ1) is 19.8. The highest BCUT2D eigenvalue weighted by molar-refractivity contribution is 9.10. The van der Waals surface area contributed by atoms with E-state index in [2.05, 4.69) is 26.2 Å². The van der Waals surface area contributed by atoms with Gasteiger partial charge in [0.25, 0.3) is 6.01 Å². The standard InChI is InChI=1S/C32H35BrN4O5/c1-20-23(19-37(31(40)41)32(2,3)4)17-24(33)27-26(20)29(39)42-30(35-27)34-25(16-21-12-8-6-9-13-21)28(38)36(5)18-22-14-10-7-11-15-22/h6-15,17,25H,16,18-19H2,1-5H3,(H,34,35)(H,40,41). The van der Waals surface area contributed by atoms with Crippen LogP contribution in [0, 0.1) is 6.92 Å². The maximum absolute atomic E-state index is 13.7. The molecule has 0 bridgehead atoms. The number of carboxylic acid groups (broad SMARTS) is 1. The molecular formula is C32H35BrN4O5. The fraction of sp³-hybridized carbons (Fsp3) is 0.312. The van der Waals surface area contributed by atoms with Crippen LogP contribution < -0.4 is 10.9 Å². The van der Waals surface area contributed by atoms with Gasteiger partial charge in [0.1, 0.15) is 6.04 Å². The molecule has 0 spiro atoms. The average Bonchev–Trinajstić information content (AvgIpc) is 2.93. The molecule has 0 radical (unpaired) electrons. The number of benzene rings is 3. The quantitative estimate of drug-likeness (QED) is 0.224. The van der Waals surface area contributed by atoms with Gasteiger partial charge in [0.2, 0.25) is 5.91 Å². The molecule has 9 nitrogen and oxygen atoms in total. The van der Waals surface area contributed by atoms with Gasteiger partial charge in [-0.05, 0) is 71.9 Å². The van der Waals surface area contributed by atoms with Crippen molar-refractivity contribution in [1.29, 1.82) is 0 Å². The molecule has 0 fully saturated rings. The first-order valence-electron chi connectivity index (χ1n) is 13.6. The lowest BCUT2D eigenvalue weighted by atomic mass is 10.0. The predicted molar refractivity (Wildman–Crippen MR) is 167 cm³/mol. The van der Waals surface area contributed by atoms with Crippen LogP contribution in [0.1, 0.15) is 43.0 Å². The Kier molecular flexibility index (Phi) is 9.36. The van der Waals surface area contributed by atoms with Gasteiger partial charge in [-0.1, -0.05) is 60.7 Å². The molecule has 1 atom stereocenters. The van der Waals surface area contributed by atoms with Crippen LogP contribution in [0.15, 0.2) is 80.4 Å². The van der Waals surface area contributed by atoms with Gasteiger partial charge in [-0.2, -0.15) is 4.98 Å². The molecule has 42 heavy (non-hydrogen) atoms. The van der Waals surface area contributed by atoms with Crippen molar-refractivity contribution >= 4 is 44.8 Å². The molecule has 1 aromatic heterocycles. The minimum atomic E-state index is -1.06. The largest absolute Gasteiger partial charge is 0.465 e. The van der Waals surface area contributed by atoms with Crippen LogP contribution in [-0.4, -0.2) is 50.5 Å². The lowest BCUT2D eigenvalue weighted by molar-refractivity contribution is -0.131. The van der Waals surface area contributed by atoms with Gasteiger partial charge in [0.05, 0.1) is 10.9 Å². The topological polar surface area (TPSA) is 116 Å². The van der Waals surface area contributed by atoms with Gasteiger partial charge in [-0.25, -0.2) is 9.59 Å². The molecule has 1 unspecified atom stereocenters. The third-order valence-electron chi connectivity index (χ3n) is 7.11. The normalized spacial score (nSPS) is 12.1. The lowest BCUT2D eigenvalue weighted by Gasteiger charge is -2.33. The second kappa shape index (κ2) is 12.8. The zero-order valence-corrected chi connectivity index (χ0v) is 25.9. The predicted octanol–water partition coefficient (Wildman–Crippen LogP) is 6.22. The van der Waals surface area contributed by atoms with E-state index in [0.717, 1.165) is 11.1 Å². The first kappa shape index (κ1) is 30.8. The van der Waals surface area contributed by atoms with E-state index in [1.165, 1.54) is 4.90 Å². The Labute approximate surface area is 253 Å². The van der Waals surface area contributed by atoms with Crippen LogP contribution in [0.25, 0.3) is 10.9 Å². The fourth-order valence-corrected chi connectivity index (χ4v) is 5.36. The number of amides is 2. The van der Waals surface area contributed by atoms with Gasteiger partial charge in [-0.15, -0.1) is 0 Å². The Morgan fingerprint density at radius 1 is 1.02 bits per heavy atom. The van der Waals surface area contributed by atoms with Gasteiger partial charge < -0.3 is 19.7 Å². The smallest absolute Gasteiger partial charge is 0.408 e. The van der Waals surface area contributed by atoms with Gasteiger partial charge in [-0.3, -0.25) is 9.69 Å². The molecule has 0 aliphatic heterocycles. The molecule has 3 aromatic carbocycles. The third-order valence-corrected chi connectivity index (χ3v) is 7.72. The summed E-state index contributed by atoms with van der Waals surface area (Å²) in [4.78, 5) is 46.5. The zero-order chi connectivity index (χ0) is 30.6. The Bertz CT molecular complexity index is 1630. The number of carbonyl (C=O) groups is 2. The summed E-state index contributed by atoms with van der Waals surface area (Å²) in [6.45, 7) is 7.68. The minimum absolute atomic E-state index is 0.0791. The molecule has 0 aliphatic carbocycles. The second-order valence-electron chi connectivity index (χ2n) is 11.3. The van der Waals surface area contributed by atoms with Crippen LogP contribution >= 0.6 is 15.9 Å². The number of halogens is 1. The average molecular weight is 636 g/mol. The highest BCUT2D eigenvalue weighted by atomic mass is 79.9. The zero-order valence-electron chi connectivity index (χ0n) is 24.3. The first-order valence-corrected chi connectivity index (χ1v) is 14.4. The van der Waals surface area contributed by atoms with E-state index in [1.807, 2.05) is 81.4 Å². The maximum Gasteiger partial charge on any atom is 0.408 e. The number of hydrogen-bond donors (Lipinski definition) is 2. The number of nitrogens with one attached hydrogen (secondary N) is 1. The summed E-state index contributed by atoms with van der Waals surface area (Å²) in [5.74, 6) is -0.186. The summed E-state index contributed by atoms with van der Waals surface area (Å²) in [6.07, 6.45) is -0.715. The number of fused-ring (bicyclic) bond motifs is 1. The van der Waals surface area contributed by atoms with Crippen molar-refractivity contribution in [3.63, 3.8) is 0 Å². The molecule has 2 N–H and O–H groups in total.